The van der Waals surface area contributed by atoms with Gasteiger partial charge < -0.3 is 25.6 Å². The fourth-order valence-corrected chi connectivity index (χ4v) is 1.52. The summed E-state index contributed by atoms with van der Waals surface area (Å²) in [6.07, 6.45) is 0.983. The summed E-state index contributed by atoms with van der Waals surface area (Å²) in [6, 6.07) is 3.41. The van der Waals surface area contributed by atoms with Gasteiger partial charge in [0.25, 0.3) is 0 Å². The van der Waals surface area contributed by atoms with Crippen LogP contribution in [0.5, 0.6) is 17.2 Å². The number of hydrogen-bond donors (Lipinski definition) is 3. The highest BCUT2D eigenvalue weighted by Gasteiger charge is 2.10. The van der Waals surface area contributed by atoms with Gasteiger partial charge in [-0.15, -0.1) is 0 Å². The van der Waals surface area contributed by atoms with Crippen LogP contribution in [0.1, 0.15) is 18.9 Å². The Hall–Kier alpha value is -2.11. The minimum atomic E-state index is -0.0187. The molecule has 0 saturated carbocycles. The normalized spacial score (nSPS) is 11.2. The lowest BCUT2D eigenvalue weighted by molar-refractivity contribution is 0.339. The molecule has 0 fully saturated rings. The first kappa shape index (κ1) is 14.9. The first-order valence-electron chi connectivity index (χ1n) is 6.10. The number of phenolic OH excluding ortho intramolecular Hbond substituents is 1. The SMILES string of the molecule is CCCNC(N)=NCc1cc(OC)c(O)c(OC)c1. The Balaban J connectivity index is 2.84. The molecule has 0 bridgehead atoms. The van der Waals surface area contributed by atoms with Crippen molar-refractivity contribution in [1.82, 2.24) is 5.32 Å². The van der Waals surface area contributed by atoms with Crippen LogP contribution in [0.2, 0.25) is 0 Å². The van der Waals surface area contributed by atoms with Gasteiger partial charge in [0.2, 0.25) is 5.75 Å². The smallest absolute Gasteiger partial charge is 0.200 e. The van der Waals surface area contributed by atoms with Crippen LogP contribution >= 0.6 is 0 Å². The number of guanidine groups is 1. The molecule has 0 aliphatic carbocycles. The number of rotatable bonds is 6. The van der Waals surface area contributed by atoms with E-state index in [0.717, 1.165) is 18.5 Å². The minimum absolute atomic E-state index is 0.0187. The molecular formula is C13H21N3O3. The van der Waals surface area contributed by atoms with Crippen LogP contribution in [0.4, 0.5) is 0 Å². The molecule has 106 valence electrons. The second kappa shape index (κ2) is 7.35. The summed E-state index contributed by atoms with van der Waals surface area (Å²) in [6.45, 7) is 3.23. The fourth-order valence-electron chi connectivity index (χ4n) is 1.52. The first-order valence-corrected chi connectivity index (χ1v) is 6.10. The standard InChI is InChI=1S/C13H21N3O3/c1-4-5-15-13(14)16-8-9-6-10(18-2)12(17)11(7-9)19-3/h6-7,17H,4-5,8H2,1-3H3,(H3,14,15,16). The molecule has 0 spiro atoms. The zero-order valence-corrected chi connectivity index (χ0v) is 11.6. The van der Waals surface area contributed by atoms with Gasteiger partial charge in [-0.05, 0) is 24.1 Å². The van der Waals surface area contributed by atoms with E-state index in [-0.39, 0.29) is 5.75 Å². The van der Waals surface area contributed by atoms with Crippen LogP contribution in [-0.4, -0.2) is 31.8 Å². The first-order chi connectivity index (χ1) is 9.12. The topological polar surface area (TPSA) is 89.1 Å². The summed E-state index contributed by atoms with van der Waals surface area (Å²) in [5.74, 6) is 1.08. The largest absolute Gasteiger partial charge is 0.502 e. The molecular weight excluding hydrogens is 246 g/mol. The molecule has 0 saturated heterocycles. The average Bonchev–Trinajstić information content (AvgIpc) is 2.43. The van der Waals surface area contributed by atoms with Crippen LogP contribution in [0, 0.1) is 0 Å². The number of nitrogens with one attached hydrogen (secondary N) is 1. The second-order valence-corrected chi connectivity index (χ2v) is 3.98. The molecule has 1 aromatic rings. The van der Waals surface area contributed by atoms with Gasteiger partial charge in [0.15, 0.2) is 17.5 Å². The Bertz CT molecular complexity index is 422. The van der Waals surface area contributed by atoms with Crippen LogP contribution in [-0.2, 0) is 6.54 Å². The molecule has 1 rings (SSSR count). The van der Waals surface area contributed by atoms with E-state index in [2.05, 4.69) is 17.2 Å². The van der Waals surface area contributed by atoms with E-state index < -0.39 is 0 Å². The molecule has 0 heterocycles. The Morgan fingerprint density at radius 1 is 1.32 bits per heavy atom. The summed E-state index contributed by atoms with van der Waals surface area (Å²) in [7, 11) is 2.97. The van der Waals surface area contributed by atoms with Gasteiger partial charge in [-0.25, -0.2) is 4.99 Å². The van der Waals surface area contributed by atoms with E-state index in [0.29, 0.717) is 24.0 Å². The highest BCUT2D eigenvalue weighted by Crippen LogP contribution is 2.37. The summed E-state index contributed by atoms with van der Waals surface area (Å²) in [5, 5.41) is 12.8. The number of phenols is 1. The Morgan fingerprint density at radius 2 is 1.89 bits per heavy atom. The highest BCUT2D eigenvalue weighted by molar-refractivity contribution is 5.77. The lowest BCUT2D eigenvalue weighted by Crippen LogP contribution is -2.32. The molecule has 0 aromatic heterocycles. The third-order valence-electron chi connectivity index (χ3n) is 2.53. The van der Waals surface area contributed by atoms with Gasteiger partial charge in [0, 0.05) is 6.54 Å². The van der Waals surface area contributed by atoms with E-state index in [1.165, 1.54) is 14.2 Å². The van der Waals surface area contributed by atoms with Crippen LogP contribution < -0.4 is 20.5 Å². The predicted molar refractivity (Wildman–Crippen MR) is 74.8 cm³/mol. The Labute approximate surface area is 113 Å². The van der Waals surface area contributed by atoms with Crippen molar-refractivity contribution >= 4 is 5.96 Å². The van der Waals surface area contributed by atoms with Crippen molar-refractivity contribution < 1.29 is 14.6 Å². The number of nitrogens with two attached hydrogens (primary N) is 1. The molecule has 0 aliphatic heterocycles. The lowest BCUT2D eigenvalue weighted by Gasteiger charge is -2.10. The average molecular weight is 267 g/mol. The molecule has 1 aromatic carbocycles. The maximum absolute atomic E-state index is 9.78. The van der Waals surface area contributed by atoms with E-state index >= 15 is 0 Å². The number of aromatic hydroxyl groups is 1. The number of ether oxygens (including phenoxy) is 2. The van der Waals surface area contributed by atoms with Gasteiger partial charge in [-0.1, -0.05) is 6.92 Å². The highest BCUT2D eigenvalue weighted by atomic mass is 16.5. The van der Waals surface area contributed by atoms with Gasteiger partial charge in [-0.2, -0.15) is 0 Å². The number of benzene rings is 1. The zero-order chi connectivity index (χ0) is 14.3. The van der Waals surface area contributed by atoms with E-state index in [9.17, 15) is 5.11 Å². The quantitative estimate of drug-likeness (QED) is 0.533. The van der Waals surface area contributed by atoms with E-state index in [4.69, 9.17) is 15.2 Å². The summed E-state index contributed by atoms with van der Waals surface area (Å²) in [5.41, 5.74) is 6.55. The van der Waals surface area contributed by atoms with Crippen molar-refractivity contribution in [2.24, 2.45) is 10.7 Å². The van der Waals surface area contributed by atoms with Gasteiger partial charge >= 0.3 is 0 Å². The predicted octanol–water partition coefficient (Wildman–Crippen LogP) is 1.22. The van der Waals surface area contributed by atoms with Crippen LogP contribution in [0.3, 0.4) is 0 Å². The van der Waals surface area contributed by atoms with Crippen molar-refractivity contribution in [3.8, 4) is 17.2 Å². The van der Waals surface area contributed by atoms with Gasteiger partial charge in [-0.3, -0.25) is 0 Å². The number of nitrogens with zero attached hydrogens (tertiary/aromatic N) is 1. The zero-order valence-electron chi connectivity index (χ0n) is 11.6. The molecule has 0 atom stereocenters. The van der Waals surface area contributed by atoms with E-state index in [1.807, 2.05) is 0 Å². The molecule has 6 nitrogen and oxygen atoms in total. The number of hydrogen-bond acceptors (Lipinski definition) is 4. The molecule has 19 heavy (non-hydrogen) atoms. The maximum atomic E-state index is 9.78. The van der Waals surface area contributed by atoms with Crippen molar-refractivity contribution in [3.63, 3.8) is 0 Å². The van der Waals surface area contributed by atoms with Crippen molar-refractivity contribution in [2.45, 2.75) is 19.9 Å². The minimum Gasteiger partial charge on any atom is -0.502 e. The van der Waals surface area contributed by atoms with Gasteiger partial charge in [0.1, 0.15) is 0 Å². The summed E-state index contributed by atoms with van der Waals surface area (Å²) < 4.78 is 10.1. The van der Waals surface area contributed by atoms with E-state index in [1.54, 1.807) is 12.1 Å². The molecule has 0 aliphatic rings. The molecule has 0 radical (unpaired) electrons. The third kappa shape index (κ3) is 4.24. The molecule has 0 amide bonds. The molecule has 0 unspecified atom stereocenters. The number of aliphatic imine (C=N–C) groups is 1. The fraction of sp³-hybridized carbons (Fsp3) is 0.462. The lowest BCUT2D eigenvalue weighted by atomic mass is 10.2. The second-order valence-electron chi connectivity index (χ2n) is 3.98. The van der Waals surface area contributed by atoms with Crippen molar-refractivity contribution in [1.29, 1.82) is 0 Å². The van der Waals surface area contributed by atoms with Crippen molar-refractivity contribution in [3.05, 3.63) is 17.7 Å². The monoisotopic (exact) mass is 267 g/mol. The maximum Gasteiger partial charge on any atom is 0.200 e. The number of methoxy groups -OCH3 is 2. The van der Waals surface area contributed by atoms with Crippen LogP contribution in [0.15, 0.2) is 17.1 Å². The summed E-state index contributed by atoms with van der Waals surface area (Å²) in [4.78, 5) is 4.20. The Kier molecular flexibility index (Phi) is 5.78. The Morgan fingerprint density at radius 3 is 2.37 bits per heavy atom. The molecule has 4 N–H and O–H groups in total. The van der Waals surface area contributed by atoms with Crippen molar-refractivity contribution in [2.75, 3.05) is 20.8 Å². The summed E-state index contributed by atoms with van der Waals surface area (Å²) >= 11 is 0. The third-order valence-corrected chi connectivity index (χ3v) is 2.53. The van der Waals surface area contributed by atoms with Crippen LogP contribution in [0.25, 0.3) is 0 Å². The van der Waals surface area contributed by atoms with Gasteiger partial charge in [0.05, 0.1) is 20.8 Å². The molecule has 6 heteroatoms.